The zero-order chi connectivity index (χ0) is 22.2. The molecule has 0 saturated carbocycles. The first-order chi connectivity index (χ1) is 14.8. The molecule has 1 fully saturated rings. The molecule has 7 nitrogen and oxygen atoms in total. The van der Waals surface area contributed by atoms with Gasteiger partial charge in [-0.3, -0.25) is 4.79 Å². The van der Waals surface area contributed by atoms with Crippen LogP contribution in [-0.2, 0) is 21.9 Å². The SMILES string of the molecule is COc1ccc(S(=O)(=O)N2CCC(C(=O)N=c3sc4cccc(Br)c4n3C)CC2)cc1. The van der Waals surface area contributed by atoms with Gasteiger partial charge in [0.15, 0.2) is 4.80 Å². The molecule has 1 saturated heterocycles. The van der Waals surface area contributed by atoms with E-state index in [4.69, 9.17) is 4.74 Å². The Balaban J connectivity index is 1.48. The molecule has 1 aromatic heterocycles. The highest BCUT2D eigenvalue weighted by Gasteiger charge is 2.32. The van der Waals surface area contributed by atoms with Gasteiger partial charge in [-0.15, -0.1) is 0 Å². The first-order valence-corrected chi connectivity index (χ1v) is 12.8. The smallest absolute Gasteiger partial charge is 0.251 e. The van der Waals surface area contributed by atoms with E-state index in [-0.39, 0.29) is 16.7 Å². The van der Waals surface area contributed by atoms with Crippen LogP contribution in [0, 0.1) is 5.92 Å². The van der Waals surface area contributed by atoms with Gasteiger partial charge < -0.3 is 9.30 Å². The number of para-hydroxylation sites is 1. The van der Waals surface area contributed by atoms with E-state index in [1.54, 1.807) is 24.3 Å². The van der Waals surface area contributed by atoms with Crippen LogP contribution in [0.1, 0.15) is 12.8 Å². The molecule has 1 aliphatic heterocycles. The highest BCUT2D eigenvalue weighted by molar-refractivity contribution is 9.10. The van der Waals surface area contributed by atoms with Gasteiger partial charge >= 0.3 is 0 Å². The van der Waals surface area contributed by atoms with Gasteiger partial charge in [0.05, 0.1) is 22.2 Å². The first kappa shape index (κ1) is 22.2. The summed E-state index contributed by atoms with van der Waals surface area (Å²) in [5, 5.41) is 0. The summed E-state index contributed by atoms with van der Waals surface area (Å²) >= 11 is 5.01. The first-order valence-electron chi connectivity index (χ1n) is 9.78. The van der Waals surface area contributed by atoms with E-state index in [0.29, 0.717) is 36.5 Å². The van der Waals surface area contributed by atoms with Crippen molar-refractivity contribution in [2.24, 2.45) is 18.0 Å². The van der Waals surface area contributed by atoms with Gasteiger partial charge in [-0.25, -0.2) is 8.42 Å². The van der Waals surface area contributed by atoms with Gasteiger partial charge in [-0.2, -0.15) is 9.30 Å². The summed E-state index contributed by atoms with van der Waals surface area (Å²) in [6.07, 6.45) is 0.909. The molecule has 31 heavy (non-hydrogen) atoms. The lowest BCUT2D eigenvalue weighted by Gasteiger charge is -2.29. The number of halogens is 1. The Morgan fingerprint density at radius 1 is 1.16 bits per heavy atom. The molecule has 0 atom stereocenters. The topological polar surface area (TPSA) is 81.0 Å². The van der Waals surface area contributed by atoms with E-state index in [1.165, 1.54) is 22.8 Å². The minimum Gasteiger partial charge on any atom is -0.497 e. The molecule has 2 aromatic carbocycles. The number of carbonyl (C=O) groups excluding carboxylic acids is 1. The summed E-state index contributed by atoms with van der Waals surface area (Å²) in [6, 6.07) is 12.3. The van der Waals surface area contributed by atoms with E-state index in [2.05, 4.69) is 20.9 Å². The van der Waals surface area contributed by atoms with Crippen LogP contribution < -0.4 is 9.54 Å². The van der Waals surface area contributed by atoms with Crippen LogP contribution in [0.5, 0.6) is 5.75 Å². The van der Waals surface area contributed by atoms with Gasteiger partial charge in [0, 0.05) is 30.5 Å². The monoisotopic (exact) mass is 523 g/mol. The van der Waals surface area contributed by atoms with E-state index >= 15 is 0 Å². The van der Waals surface area contributed by atoms with Gasteiger partial charge in [-0.1, -0.05) is 17.4 Å². The van der Waals surface area contributed by atoms with Crippen molar-refractivity contribution < 1.29 is 17.9 Å². The number of ether oxygens (including phenoxy) is 1. The predicted molar refractivity (Wildman–Crippen MR) is 124 cm³/mol. The number of aromatic nitrogens is 1. The zero-order valence-electron chi connectivity index (χ0n) is 17.1. The maximum atomic E-state index is 12.9. The van der Waals surface area contributed by atoms with E-state index in [1.807, 2.05) is 29.8 Å². The molecule has 10 heteroatoms. The van der Waals surface area contributed by atoms with Crippen molar-refractivity contribution >= 4 is 53.4 Å². The summed E-state index contributed by atoms with van der Waals surface area (Å²) in [5.41, 5.74) is 0.999. The second-order valence-corrected chi connectivity index (χ2v) is 11.1. The number of nitrogens with zero attached hydrogens (tertiary/aromatic N) is 3. The molecule has 1 amide bonds. The molecule has 0 N–H and O–H groups in total. The molecular formula is C21H22BrN3O4S2. The fraction of sp³-hybridized carbons (Fsp3) is 0.333. The van der Waals surface area contributed by atoms with Gasteiger partial charge in [0.2, 0.25) is 10.0 Å². The van der Waals surface area contributed by atoms with Gasteiger partial charge in [-0.05, 0) is 65.2 Å². The summed E-state index contributed by atoms with van der Waals surface area (Å²) in [7, 11) is -0.171. The van der Waals surface area contributed by atoms with Gasteiger partial charge in [0.1, 0.15) is 5.75 Å². The molecule has 2 heterocycles. The number of methoxy groups -OCH3 is 1. The number of aryl methyl sites for hydroxylation is 1. The minimum absolute atomic E-state index is 0.195. The fourth-order valence-electron chi connectivity index (χ4n) is 3.69. The number of benzene rings is 2. The standard InChI is InChI=1S/C21H22BrN3O4S2/c1-24-19-17(22)4-3-5-18(19)30-21(24)23-20(26)14-10-12-25(13-11-14)31(27,28)16-8-6-15(29-2)7-9-16/h3-9,14H,10-13H2,1-2H3. The molecule has 0 radical (unpaired) electrons. The van der Waals surface area contributed by atoms with Crippen molar-refractivity contribution in [2.75, 3.05) is 20.2 Å². The molecule has 0 spiro atoms. The van der Waals surface area contributed by atoms with Crippen molar-refractivity contribution in [3.8, 4) is 5.75 Å². The largest absolute Gasteiger partial charge is 0.497 e. The van der Waals surface area contributed by atoms with Crippen LogP contribution in [0.25, 0.3) is 10.2 Å². The van der Waals surface area contributed by atoms with Crippen LogP contribution in [-0.4, -0.2) is 43.4 Å². The molecule has 164 valence electrons. The summed E-state index contributed by atoms with van der Waals surface area (Å²) < 4.78 is 36.2. The van der Waals surface area contributed by atoms with Crippen molar-refractivity contribution in [1.29, 1.82) is 0 Å². The van der Waals surface area contributed by atoms with E-state index in [0.717, 1.165) is 14.7 Å². The van der Waals surface area contributed by atoms with Crippen LogP contribution in [0.15, 0.2) is 56.8 Å². The van der Waals surface area contributed by atoms with Crippen molar-refractivity contribution in [3.63, 3.8) is 0 Å². The average Bonchev–Trinajstić information content (AvgIpc) is 3.10. The average molecular weight is 524 g/mol. The number of amides is 1. The van der Waals surface area contributed by atoms with Crippen LogP contribution in [0.2, 0.25) is 0 Å². The molecule has 0 unspecified atom stereocenters. The Bertz CT molecular complexity index is 1290. The second-order valence-electron chi connectivity index (χ2n) is 7.33. The minimum atomic E-state index is -3.60. The molecule has 3 aromatic rings. The molecule has 0 bridgehead atoms. The number of hydrogen-bond acceptors (Lipinski definition) is 5. The lowest BCUT2D eigenvalue weighted by Crippen LogP contribution is -2.40. The Hall–Kier alpha value is -2.01. The number of sulfonamides is 1. The number of thiazole rings is 1. The summed E-state index contributed by atoms with van der Waals surface area (Å²) in [4.78, 5) is 18.0. The Morgan fingerprint density at radius 2 is 1.84 bits per heavy atom. The molecule has 4 rings (SSSR count). The Labute approximate surface area is 193 Å². The summed E-state index contributed by atoms with van der Waals surface area (Å²) in [5.74, 6) is 0.127. The molecule has 1 aliphatic rings. The highest BCUT2D eigenvalue weighted by atomic mass is 79.9. The third-order valence-electron chi connectivity index (χ3n) is 5.48. The number of fused-ring (bicyclic) bond motifs is 1. The zero-order valence-corrected chi connectivity index (χ0v) is 20.3. The lowest BCUT2D eigenvalue weighted by molar-refractivity contribution is -0.122. The maximum absolute atomic E-state index is 12.9. The normalized spacial score (nSPS) is 16.7. The summed E-state index contributed by atoms with van der Waals surface area (Å²) in [6.45, 7) is 0.592. The molecule has 0 aliphatic carbocycles. The van der Waals surface area contributed by atoms with Crippen molar-refractivity contribution in [3.05, 3.63) is 51.7 Å². The van der Waals surface area contributed by atoms with Crippen LogP contribution in [0.3, 0.4) is 0 Å². The van der Waals surface area contributed by atoms with Crippen molar-refractivity contribution in [1.82, 2.24) is 8.87 Å². The second kappa shape index (κ2) is 8.85. The Morgan fingerprint density at radius 3 is 2.45 bits per heavy atom. The number of rotatable bonds is 4. The maximum Gasteiger partial charge on any atom is 0.251 e. The van der Waals surface area contributed by atoms with E-state index in [9.17, 15) is 13.2 Å². The third-order valence-corrected chi connectivity index (χ3v) is 9.13. The quantitative estimate of drug-likeness (QED) is 0.523. The number of hydrogen-bond donors (Lipinski definition) is 0. The Kier molecular flexibility index (Phi) is 6.34. The van der Waals surface area contributed by atoms with Crippen LogP contribution in [0.4, 0.5) is 0 Å². The van der Waals surface area contributed by atoms with Crippen molar-refractivity contribution in [2.45, 2.75) is 17.7 Å². The molecular weight excluding hydrogens is 502 g/mol. The highest BCUT2D eigenvalue weighted by Crippen LogP contribution is 2.27. The third kappa shape index (κ3) is 4.34. The van der Waals surface area contributed by atoms with E-state index < -0.39 is 10.0 Å². The predicted octanol–water partition coefficient (Wildman–Crippen LogP) is 3.54. The van der Waals surface area contributed by atoms with Crippen LogP contribution >= 0.6 is 27.3 Å². The fourth-order valence-corrected chi connectivity index (χ4v) is 6.97. The van der Waals surface area contributed by atoms with Gasteiger partial charge in [0.25, 0.3) is 5.91 Å². The lowest BCUT2D eigenvalue weighted by atomic mass is 9.98. The number of carbonyl (C=O) groups is 1. The number of piperidine rings is 1.